The van der Waals surface area contributed by atoms with Crippen LogP contribution in [0.15, 0.2) is 160 Å². The van der Waals surface area contributed by atoms with Crippen molar-refractivity contribution in [3.05, 3.63) is 152 Å². The van der Waals surface area contributed by atoms with Crippen LogP contribution in [0.25, 0.3) is 109 Å². The van der Waals surface area contributed by atoms with E-state index in [-0.39, 0.29) is 0 Å². The highest BCUT2D eigenvalue weighted by atomic mass is 32.1. The highest BCUT2D eigenvalue weighted by Crippen LogP contribution is 2.46. The Morgan fingerprint density at radius 2 is 0.961 bits per heavy atom. The Labute approximate surface area is 295 Å². The first kappa shape index (κ1) is 28.2. The molecule has 51 heavy (non-hydrogen) atoms. The molecule has 0 radical (unpaired) electrons. The zero-order valence-corrected chi connectivity index (χ0v) is 27.8. The van der Waals surface area contributed by atoms with Crippen molar-refractivity contribution < 1.29 is 8.83 Å². The summed E-state index contributed by atoms with van der Waals surface area (Å²) in [6, 6.07) is 52.0. The number of benzene rings is 7. The number of nitrogens with zero attached hydrogens (tertiary/aromatic N) is 3. The molecule has 0 saturated heterocycles. The van der Waals surface area contributed by atoms with E-state index in [1.807, 2.05) is 84.1 Å². The zero-order valence-electron chi connectivity index (χ0n) is 27.0. The third-order valence-corrected chi connectivity index (χ3v) is 11.0. The van der Waals surface area contributed by atoms with E-state index in [9.17, 15) is 0 Å². The van der Waals surface area contributed by atoms with Crippen LogP contribution in [0.3, 0.4) is 0 Å². The van der Waals surface area contributed by atoms with Gasteiger partial charge in [-0.1, -0.05) is 115 Å². The highest BCUT2D eigenvalue weighted by Gasteiger charge is 2.23. The molecular weight excluding hydrogens is 647 g/mol. The van der Waals surface area contributed by atoms with Gasteiger partial charge in [-0.25, -0.2) is 15.0 Å². The molecule has 4 aromatic heterocycles. The van der Waals surface area contributed by atoms with Gasteiger partial charge in [0.15, 0.2) is 17.5 Å². The zero-order chi connectivity index (χ0) is 33.5. The third kappa shape index (κ3) is 4.30. The van der Waals surface area contributed by atoms with Gasteiger partial charge in [0, 0.05) is 64.0 Å². The van der Waals surface area contributed by atoms with E-state index < -0.39 is 0 Å². The van der Waals surface area contributed by atoms with Crippen LogP contribution in [0.2, 0.25) is 0 Å². The van der Waals surface area contributed by atoms with Crippen molar-refractivity contribution >= 4 is 75.4 Å². The fraction of sp³-hybridized carbons (Fsp3) is 0. The Balaban J connectivity index is 1.20. The highest BCUT2D eigenvalue weighted by molar-refractivity contribution is 7.26. The molecule has 11 aromatic rings. The number of hydrogen-bond donors (Lipinski definition) is 0. The first-order chi connectivity index (χ1) is 25.3. The van der Waals surface area contributed by atoms with Gasteiger partial charge < -0.3 is 8.83 Å². The summed E-state index contributed by atoms with van der Waals surface area (Å²) in [5.41, 5.74) is 7.96. The molecule has 238 valence electrons. The van der Waals surface area contributed by atoms with Gasteiger partial charge >= 0.3 is 0 Å². The monoisotopic (exact) mass is 671 g/mol. The maximum atomic E-state index is 6.76. The van der Waals surface area contributed by atoms with E-state index in [2.05, 4.69) is 78.9 Å². The molecule has 0 unspecified atom stereocenters. The van der Waals surface area contributed by atoms with Crippen molar-refractivity contribution in [2.45, 2.75) is 0 Å². The van der Waals surface area contributed by atoms with Gasteiger partial charge in [-0.15, -0.1) is 11.3 Å². The molecule has 7 aromatic carbocycles. The Bertz CT molecular complexity index is 3160. The molecule has 0 saturated carbocycles. The number of aromatic nitrogens is 3. The average Bonchev–Trinajstić information content (AvgIpc) is 3.89. The van der Waals surface area contributed by atoms with Crippen molar-refractivity contribution in [2.75, 3.05) is 0 Å². The van der Waals surface area contributed by atoms with Gasteiger partial charge in [0.1, 0.15) is 22.3 Å². The largest absolute Gasteiger partial charge is 0.455 e. The van der Waals surface area contributed by atoms with Crippen molar-refractivity contribution in [1.82, 2.24) is 15.0 Å². The summed E-state index contributed by atoms with van der Waals surface area (Å²) in [5.74, 6) is 1.70. The fourth-order valence-electron chi connectivity index (χ4n) is 7.44. The first-order valence-corrected chi connectivity index (χ1v) is 17.7. The summed E-state index contributed by atoms with van der Waals surface area (Å²) in [6.07, 6.45) is 0. The van der Waals surface area contributed by atoms with Gasteiger partial charge in [-0.2, -0.15) is 0 Å². The minimum atomic E-state index is 0.545. The van der Waals surface area contributed by atoms with Crippen LogP contribution in [0.5, 0.6) is 0 Å². The Morgan fingerprint density at radius 1 is 0.373 bits per heavy atom. The molecular formula is C45H25N3O2S. The molecule has 0 amide bonds. The summed E-state index contributed by atoms with van der Waals surface area (Å²) in [7, 11) is 0. The van der Waals surface area contributed by atoms with Crippen LogP contribution in [-0.2, 0) is 0 Å². The molecule has 0 N–H and O–H groups in total. The van der Waals surface area contributed by atoms with E-state index >= 15 is 0 Å². The molecule has 4 heterocycles. The van der Waals surface area contributed by atoms with Crippen LogP contribution in [0, 0.1) is 0 Å². The topological polar surface area (TPSA) is 65.0 Å². The Hall–Kier alpha value is -6.63. The van der Waals surface area contributed by atoms with E-state index in [1.54, 1.807) is 0 Å². The second-order valence-corrected chi connectivity index (χ2v) is 13.7. The number of thiophene rings is 1. The smallest absolute Gasteiger partial charge is 0.167 e. The number of fused-ring (bicyclic) bond motifs is 9. The number of furan rings is 2. The summed E-state index contributed by atoms with van der Waals surface area (Å²) in [5, 5.41) is 6.57. The second-order valence-electron chi connectivity index (χ2n) is 12.7. The average molecular weight is 672 g/mol. The van der Waals surface area contributed by atoms with Crippen LogP contribution in [0.4, 0.5) is 0 Å². The maximum absolute atomic E-state index is 6.76. The van der Waals surface area contributed by atoms with Gasteiger partial charge in [0.2, 0.25) is 0 Å². The van der Waals surface area contributed by atoms with Crippen LogP contribution < -0.4 is 0 Å². The molecule has 5 nitrogen and oxygen atoms in total. The van der Waals surface area contributed by atoms with Crippen molar-refractivity contribution in [1.29, 1.82) is 0 Å². The number of para-hydroxylation sites is 3. The molecule has 0 fully saturated rings. The van der Waals surface area contributed by atoms with Crippen LogP contribution in [-0.4, -0.2) is 15.0 Å². The molecule has 0 bridgehead atoms. The van der Waals surface area contributed by atoms with Crippen LogP contribution in [0.1, 0.15) is 0 Å². The van der Waals surface area contributed by atoms with E-state index in [1.165, 1.54) is 20.2 Å². The van der Waals surface area contributed by atoms with E-state index in [4.69, 9.17) is 23.8 Å². The Kier molecular flexibility index (Phi) is 6.05. The van der Waals surface area contributed by atoms with Crippen molar-refractivity contribution in [3.8, 4) is 45.3 Å². The molecule has 0 aliphatic carbocycles. The molecule has 11 rings (SSSR count). The summed E-state index contributed by atoms with van der Waals surface area (Å²) in [4.78, 5) is 15.4. The van der Waals surface area contributed by atoms with Crippen LogP contribution >= 0.6 is 11.3 Å². The van der Waals surface area contributed by atoms with Crippen molar-refractivity contribution in [2.24, 2.45) is 0 Å². The van der Waals surface area contributed by atoms with E-state index in [0.29, 0.717) is 17.5 Å². The number of rotatable bonds is 4. The molecule has 0 aliphatic rings. The minimum Gasteiger partial charge on any atom is -0.455 e. The normalized spacial score (nSPS) is 11.9. The quantitative estimate of drug-likeness (QED) is 0.186. The summed E-state index contributed by atoms with van der Waals surface area (Å²) >= 11 is 1.82. The molecule has 6 heteroatoms. The van der Waals surface area contributed by atoms with Crippen molar-refractivity contribution in [3.63, 3.8) is 0 Å². The van der Waals surface area contributed by atoms with Gasteiger partial charge in [-0.05, 0) is 36.4 Å². The summed E-state index contributed by atoms with van der Waals surface area (Å²) in [6.45, 7) is 0. The fourth-order valence-corrected chi connectivity index (χ4v) is 8.67. The predicted molar refractivity (Wildman–Crippen MR) is 209 cm³/mol. The summed E-state index contributed by atoms with van der Waals surface area (Å²) < 4.78 is 15.7. The molecule has 0 atom stereocenters. The Morgan fingerprint density at radius 3 is 1.80 bits per heavy atom. The lowest BCUT2D eigenvalue weighted by atomic mass is 9.97. The molecule has 0 aliphatic heterocycles. The lowest BCUT2D eigenvalue weighted by Crippen LogP contribution is -2.00. The lowest BCUT2D eigenvalue weighted by Gasteiger charge is -2.11. The SMILES string of the molecule is c1ccc(-c2nc(-c3cccc4c3oc3ccccc34)nc(-c3ccc(-c4cccc5c4sc4ccccc45)c4oc5ccccc5c34)n2)cc1. The third-order valence-electron chi connectivity index (χ3n) is 9.77. The van der Waals surface area contributed by atoms with Gasteiger partial charge in [-0.3, -0.25) is 0 Å². The molecule has 0 spiro atoms. The number of hydrogen-bond acceptors (Lipinski definition) is 6. The second kappa shape index (κ2) is 10.9. The minimum absolute atomic E-state index is 0.545. The lowest BCUT2D eigenvalue weighted by molar-refractivity contribution is 0.669. The van der Waals surface area contributed by atoms with E-state index in [0.717, 1.165) is 71.7 Å². The standard InChI is InChI=1S/C45H25N3O2S/c1-2-12-26(13-3-1)43-46-44(48-45(47-43)35-20-10-17-29-27-14-4-7-21-36(27)49-40(29)35)34-25-24-30(41-39(34)33-16-5-8-22-37(33)50-41)32-19-11-18-31-28-15-6-9-23-38(28)51-42(31)32/h1-25H. The maximum Gasteiger partial charge on any atom is 0.167 e. The first-order valence-electron chi connectivity index (χ1n) is 16.9. The van der Waals surface area contributed by atoms with Gasteiger partial charge in [0.05, 0.1) is 5.56 Å². The van der Waals surface area contributed by atoms with Gasteiger partial charge in [0.25, 0.3) is 0 Å². The predicted octanol–water partition coefficient (Wildman–Crippen LogP) is 12.7.